The van der Waals surface area contributed by atoms with Gasteiger partial charge in [-0.15, -0.1) is 0 Å². The number of aliphatic hydroxyl groups is 2. The summed E-state index contributed by atoms with van der Waals surface area (Å²) in [5.74, 6) is 2.11. The normalized spacial score (nSPS) is 23.7. The number of anilines is 3. The van der Waals surface area contributed by atoms with Crippen molar-refractivity contribution < 1.29 is 15.0 Å². The summed E-state index contributed by atoms with van der Waals surface area (Å²) < 4.78 is 0. The molecule has 41 heavy (non-hydrogen) atoms. The average molecular weight is 559 g/mol. The van der Waals surface area contributed by atoms with Gasteiger partial charge in [0.05, 0.1) is 24.4 Å². The fourth-order valence-corrected chi connectivity index (χ4v) is 6.94. The van der Waals surface area contributed by atoms with Crippen molar-refractivity contribution in [1.82, 2.24) is 29.7 Å². The predicted molar refractivity (Wildman–Crippen MR) is 155 cm³/mol. The van der Waals surface area contributed by atoms with Gasteiger partial charge in [0.2, 0.25) is 11.9 Å². The molecular formula is C30H38N8O3. The zero-order chi connectivity index (χ0) is 28.1. The lowest BCUT2D eigenvalue weighted by molar-refractivity contribution is -0.133. The second kappa shape index (κ2) is 10.8. The maximum absolute atomic E-state index is 12.9. The maximum atomic E-state index is 12.9. The van der Waals surface area contributed by atoms with Gasteiger partial charge in [-0.3, -0.25) is 9.69 Å². The Balaban J connectivity index is 1.08. The van der Waals surface area contributed by atoms with Gasteiger partial charge < -0.3 is 25.3 Å². The average Bonchev–Trinajstić information content (AvgIpc) is 3.58. The Morgan fingerprint density at radius 3 is 2.54 bits per heavy atom. The number of amides is 1. The Labute approximate surface area is 239 Å². The fraction of sp³-hybridized carbons (Fsp3) is 0.567. The molecule has 3 aromatic rings. The van der Waals surface area contributed by atoms with Crippen LogP contribution in [0.2, 0.25) is 0 Å². The van der Waals surface area contributed by atoms with Gasteiger partial charge in [-0.1, -0.05) is 6.07 Å². The molecular weight excluding hydrogens is 520 g/mol. The maximum Gasteiger partial charge on any atom is 0.237 e. The number of likely N-dealkylation sites (tertiary alicyclic amines) is 1. The minimum absolute atomic E-state index is 0.133. The first-order valence-electron chi connectivity index (χ1n) is 15.0. The van der Waals surface area contributed by atoms with Crippen LogP contribution in [0.5, 0.6) is 0 Å². The SMILES string of the molecule is C[C@@H](O)c1cc2cnc(Nc3ccc4c(n3)CCN(C(=O)CN3CCC(O)CC3)C4)nc2c(N2C3CCC2CC3)n1. The van der Waals surface area contributed by atoms with E-state index in [0.717, 1.165) is 53.9 Å². The van der Waals surface area contributed by atoms with E-state index in [9.17, 15) is 15.0 Å². The Hall–Kier alpha value is -3.41. The fourth-order valence-electron chi connectivity index (χ4n) is 6.94. The van der Waals surface area contributed by atoms with Crippen molar-refractivity contribution in [1.29, 1.82) is 0 Å². The number of nitrogens with one attached hydrogen (secondary N) is 1. The molecule has 1 atom stereocenters. The summed E-state index contributed by atoms with van der Waals surface area (Å²) in [6.45, 7) is 4.88. The Morgan fingerprint density at radius 1 is 1.05 bits per heavy atom. The number of rotatable bonds is 6. The minimum Gasteiger partial charge on any atom is -0.393 e. The number of hydrogen-bond donors (Lipinski definition) is 3. The Morgan fingerprint density at radius 2 is 1.80 bits per heavy atom. The summed E-state index contributed by atoms with van der Waals surface area (Å²) >= 11 is 0. The van der Waals surface area contributed by atoms with Gasteiger partial charge in [0.1, 0.15) is 11.3 Å². The van der Waals surface area contributed by atoms with Gasteiger partial charge in [-0.05, 0) is 63.1 Å². The first-order valence-corrected chi connectivity index (χ1v) is 15.0. The van der Waals surface area contributed by atoms with Crippen molar-refractivity contribution in [3.8, 4) is 0 Å². The van der Waals surface area contributed by atoms with E-state index in [2.05, 4.69) is 20.1 Å². The third-order valence-electron chi connectivity index (χ3n) is 9.25. The van der Waals surface area contributed by atoms with Crippen LogP contribution in [0, 0.1) is 0 Å². The van der Waals surface area contributed by atoms with Crippen LogP contribution in [0.1, 0.15) is 68.5 Å². The Bertz CT molecular complexity index is 1440. The van der Waals surface area contributed by atoms with E-state index in [1.165, 1.54) is 25.7 Å². The number of carbonyl (C=O) groups excluding carboxylic acids is 1. The molecule has 1 amide bonds. The molecule has 3 fully saturated rings. The molecule has 0 saturated carbocycles. The molecule has 11 nitrogen and oxygen atoms in total. The van der Waals surface area contributed by atoms with Gasteiger partial charge in [0.15, 0.2) is 5.82 Å². The largest absolute Gasteiger partial charge is 0.393 e. The van der Waals surface area contributed by atoms with E-state index in [4.69, 9.17) is 15.0 Å². The summed E-state index contributed by atoms with van der Waals surface area (Å²) in [5.41, 5.74) is 3.48. The lowest BCUT2D eigenvalue weighted by Crippen LogP contribution is -2.45. The van der Waals surface area contributed by atoms with E-state index in [-0.39, 0.29) is 12.0 Å². The van der Waals surface area contributed by atoms with E-state index >= 15 is 0 Å². The van der Waals surface area contributed by atoms with Gasteiger partial charge in [-0.25, -0.2) is 19.9 Å². The van der Waals surface area contributed by atoms with Crippen molar-refractivity contribution in [2.45, 2.75) is 82.7 Å². The standard InChI is InChI=1S/C30H38N8O3/c1-18(39)25-14-20-15-31-30(35-28(20)29(33-25)38-21-3-4-22(38)6-5-21)34-26-7-2-19-16-37(13-10-24(19)32-26)27(41)17-36-11-8-23(40)9-12-36/h2,7,14-15,18,21-23,39-40H,3-6,8-13,16-17H2,1H3,(H,31,32,34,35)/t18-,21?,22?/m1/s1. The molecule has 216 valence electrons. The summed E-state index contributed by atoms with van der Waals surface area (Å²) in [4.78, 5) is 38.6. The van der Waals surface area contributed by atoms with E-state index < -0.39 is 6.10 Å². The van der Waals surface area contributed by atoms with Crippen molar-refractivity contribution in [2.24, 2.45) is 0 Å². The Kier molecular flexibility index (Phi) is 6.96. The highest BCUT2D eigenvalue weighted by molar-refractivity contribution is 5.90. The van der Waals surface area contributed by atoms with Crippen LogP contribution in [-0.2, 0) is 17.8 Å². The van der Waals surface area contributed by atoms with E-state index in [1.54, 1.807) is 13.1 Å². The molecule has 2 bridgehead atoms. The quantitative estimate of drug-likeness (QED) is 0.415. The number of aliphatic hydroxyl groups excluding tert-OH is 2. The van der Waals surface area contributed by atoms with Crippen molar-refractivity contribution >= 4 is 34.4 Å². The van der Waals surface area contributed by atoms with Gasteiger partial charge >= 0.3 is 0 Å². The van der Waals surface area contributed by atoms with Crippen LogP contribution in [-0.4, -0.2) is 90.2 Å². The highest BCUT2D eigenvalue weighted by Gasteiger charge is 2.41. The molecule has 3 saturated heterocycles. The molecule has 7 rings (SSSR count). The predicted octanol–water partition coefficient (Wildman–Crippen LogP) is 2.69. The highest BCUT2D eigenvalue weighted by Crippen LogP contribution is 2.42. The van der Waals surface area contributed by atoms with Crippen LogP contribution in [0.25, 0.3) is 10.9 Å². The van der Waals surface area contributed by atoms with Crippen molar-refractivity contribution in [3.63, 3.8) is 0 Å². The zero-order valence-electron chi connectivity index (χ0n) is 23.5. The van der Waals surface area contributed by atoms with Crippen LogP contribution >= 0.6 is 0 Å². The molecule has 0 aromatic carbocycles. The molecule has 4 aliphatic heterocycles. The highest BCUT2D eigenvalue weighted by atomic mass is 16.3. The van der Waals surface area contributed by atoms with Crippen LogP contribution < -0.4 is 10.2 Å². The number of fused-ring (bicyclic) bond motifs is 4. The van der Waals surface area contributed by atoms with Crippen molar-refractivity contribution in [3.05, 3.63) is 41.3 Å². The number of pyridine rings is 2. The number of nitrogens with zero attached hydrogens (tertiary/aromatic N) is 7. The summed E-state index contributed by atoms with van der Waals surface area (Å²) in [6.07, 6.45) is 7.75. The smallest absolute Gasteiger partial charge is 0.237 e. The third kappa shape index (κ3) is 5.22. The van der Waals surface area contributed by atoms with Crippen LogP contribution in [0.15, 0.2) is 24.4 Å². The molecule has 4 aliphatic rings. The molecule has 7 heterocycles. The first-order chi connectivity index (χ1) is 19.9. The second-order valence-corrected chi connectivity index (χ2v) is 12.0. The number of aromatic nitrogens is 4. The minimum atomic E-state index is -0.666. The van der Waals surface area contributed by atoms with E-state index in [0.29, 0.717) is 55.6 Å². The van der Waals surface area contributed by atoms with Gasteiger partial charge in [0.25, 0.3) is 0 Å². The monoisotopic (exact) mass is 558 g/mol. The molecule has 0 aliphatic carbocycles. The molecule has 11 heteroatoms. The number of hydrogen-bond acceptors (Lipinski definition) is 10. The summed E-state index contributed by atoms with van der Waals surface area (Å²) in [5, 5.41) is 24.2. The summed E-state index contributed by atoms with van der Waals surface area (Å²) in [7, 11) is 0. The molecule has 3 N–H and O–H groups in total. The van der Waals surface area contributed by atoms with Crippen LogP contribution in [0.4, 0.5) is 17.6 Å². The molecule has 0 spiro atoms. The van der Waals surface area contributed by atoms with Gasteiger partial charge in [0, 0.05) is 62.0 Å². The zero-order valence-corrected chi connectivity index (χ0v) is 23.5. The third-order valence-corrected chi connectivity index (χ3v) is 9.25. The first kappa shape index (κ1) is 26.5. The second-order valence-electron chi connectivity index (χ2n) is 12.0. The molecule has 0 unspecified atom stereocenters. The topological polar surface area (TPSA) is 131 Å². The van der Waals surface area contributed by atoms with Crippen molar-refractivity contribution in [2.75, 3.05) is 36.4 Å². The van der Waals surface area contributed by atoms with Gasteiger partial charge in [-0.2, -0.15) is 0 Å². The lowest BCUT2D eigenvalue weighted by atomic mass is 10.0. The molecule has 3 aromatic heterocycles. The summed E-state index contributed by atoms with van der Waals surface area (Å²) in [6, 6.07) is 6.79. The molecule has 0 radical (unpaired) electrons. The number of piperidine rings is 1. The van der Waals surface area contributed by atoms with Crippen LogP contribution in [0.3, 0.4) is 0 Å². The number of carbonyl (C=O) groups is 1. The van der Waals surface area contributed by atoms with E-state index in [1.807, 2.05) is 23.1 Å². The lowest BCUT2D eigenvalue weighted by Gasteiger charge is -2.33.